The SMILES string of the molecule is COc1ccc(-c2nc(CCl)cs2)cc1F. The molecule has 1 aromatic heterocycles. The number of nitrogens with zero attached hydrogens (tertiary/aromatic N) is 1. The number of alkyl halides is 1. The van der Waals surface area contributed by atoms with Gasteiger partial charge in [0.25, 0.3) is 0 Å². The van der Waals surface area contributed by atoms with Crippen LogP contribution in [0.4, 0.5) is 4.39 Å². The first-order valence-corrected chi connectivity index (χ1v) is 6.00. The highest BCUT2D eigenvalue weighted by Crippen LogP contribution is 2.28. The summed E-state index contributed by atoms with van der Waals surface area (Å²) in [5.74, 6) is 0.218. The van der Waals surface area contributed by atoms with Gasteiger partial charge in [-0.15, -0.1) is 22.9 Å². The van der Waals surface area contributed by atoms with Crippen LogP contribution >= 0.6 is 22.9 Å². The molecule has 16 heavy (non-hydrogen) atoms. The zero-order chi connectivity index (χ0) is 11.5. The Morgan fingerprint density at radius 3 is 2.88 bits per heavy atom. The second kappa shape index (κ2) is 4.80. The van der Waals surface area contributed by atoms with E-state index in [-0.39, 0.29) is 11.6 Å². The molecule has 0 unspecified atom stereocenters. The van der Waals surface area contributed by atoms with Crippen molar-refractivity contribution in [3.05, 3.63) is 35.1 Å². The lowest BCUT2D eigenvalue weighted by atomic mass is 10.2. The van der Waals surface area contributed by atoms with Crippen LogP contribution < -0.4 is 4.74 Å². The number of hydrogen-bond donors (Lipinski definition) is 0. The van der Waals surface area contributed by atoms with Crippen LogP contribution in [0.5, 0.6) is 5.75 Å². The zero-order valence-corrected chi connectivity index (χ0v) is 10.1. The molecule has 1 heterocycles. The molecule has 0 amide bonds. The summed E-state index contributed by atoms with van der Waals surface area (Å²) in [6.45, 7) is 0. The predicted octanol–water partition coefficient (Wildman–Crippen LogP) is 3.70. The Balaban J connectivity index is 2.37. The van der Waals surface area contributed by atoms with E-state index in [0.29, 0.717) is 5.88 Å². The standard InChI is InChI=1S/C11H9ClFNOS/c1-15-10-3-2-7(4-9(10)13)11-14-8(5-12)6-16-11/h2-4,6H,5H2,1H3. The summed E-state index contributed by atoms with van der Waals surface area (Å²) in [6.07, 6.45) is 0. The van der Waals surface area contributed by atoms with Gasteiger partial charge in [0.1, 0.15) is 5.01 Å². The fraction of sp³-hybridized carbons (Fsp3) is 0.182. The molecule has 2 nitrogen and oxygen atoms in total. The third-order valence-corrected chi connectivity index (χ3v) is 3.30. The molecule has 0 aliphatic carbocycles. The predicted molar refractivity (Wildman–Crippen MR) is 63.6 cm³/mol. The highest BCUT2D eigenvalue weighted by atomic mass is 35.5. The Kier molecular flexibility index (Phi) is 3.41. The van der Waals surface area contributed by atoms with E-state index >= 15 is 0 Å². The fourth-order valence-electron chi connectivity index (χ4n) is 1.30. The van der Waals surface area contributed by atoms with Crippen LogP contribution in [0.2, 0.25) is 0 Å². The fourth-order valence-corrected chi connectivity index (χ4v) is 2.35. The molecule has 0 aliphatic rings. The molecule has 0 bridgehead atoms. The van der Waals surface area contributed by atoms with Crippen molar-refractivity contribution >= 4 is 22.9 Å². The average molecular weight is 258 g/mol. The third kappa shape index (κ3) is 2.18. The van der Waals surface area contributed by atoms with Gasteiger partial charge in [-0.25, -0.2) is 9.37 Å². The molecule has 1 aromatic carbocycles. The molecule has 5 heteroatoms. The summed E-state index contributed by atoms with van der Waals surface area (Å²) in [5.41, 5.74) is 1.54. The van der Waals surface area contributed by atoms with E-state index in [9.17, 15) is 4.39 Å². The molecular weight excluding hydrogens is 249 g/mol. The van der Waals surface area contributed by atoms with Gasteiger partial charge in [0.15, 0.2) is 11.6 Å². The van der Waals surface area contributed by atoms with Crippen molar-refractivity contribution in [1.82, 2.24) is 4.98 Å². The molecule has 2 aromatic rings. The molecule has 0 fully saturated rings. The van der Waals surface area contributed by atoms with Crippen molar-refractivity contribution in [2.24, 2.45) is 0 Å². The summed E-state index contributed by atoms with van der Waals surface area (Å²) < 4.78 is 18.3. The highest BCUT2D eigenvalue weighted by Gasteiger charge is 2.08. The number of aromatic nitrogens is 1. The van der Waals surface area contributed by atoms with E-state index in [2.05, 4.69) is 4.98 Å². The van der Waals surface area contributed by atoms with Crippen LogP contribution in [0.3, 0.4) is 0 Å². The summed E-state index contributed by atoms with van der Waals surface area (Å²) in [6, 6.07) is 4.78. The van der Waals surface area contributed by atoms with Crippen LogP contribution in [-0.2, 0) is 5.88 Å². The average Bonchev–Trinajstić information content (AvgIpc) is 2.77. The van der Waals surface area contributed by atoms with Crippen molar-refractivity contribution in [3.63, 3.8) is 0 Å². The maximum Gasteiger partial charge on any atom is 0.165 e. The van der Waals surface area contributed by atoms with Crippen LogP contribution in [0.1, 0.15) is 5.69 Å². The van der Waals surface area contributed by atoms with E-state index in [4.69, 9.17) is 16.3 Å². The van der Waals surface area contributed by atoms with Crippen molar-refractivity contribution in [2.75, 3.05) is 7.11 Å². The van der Waals surface area contributed by atoms with Gasteiger partial charge in [-0.2, -0.15) is 0 Å². The zero-order valence-electron chi connectivity index (χ0n) is 8.54. The Morgan fingerprint density at radius 2 is 2.31 bits per heavy atom. The van der Waals surface area contributed by atoms with Crippen molar-refractivity contribution < 1.29 is 9.13 Å². The minimum atomic E-state index is -0.386. The number of methoxy groups -OCH3 is 1. The maximum atomic E-state index is 13.5. The first-order chi connectivity index (χ1) is 7.74. The van der Waals surface area contributed by atoms with Gasteiger partial charge in [0, 0.05) is 10.9 Å². The largest absolute Gasteiger partial charge is 0.494 e. The Hall–Kier alpha value is -1.13. The molecule has 0 N–H and O–H groups in total. The maximum absolute atomic E-state index is 13.5. The lowest BCUT2D eigenvalue weighted by molar-refractivity contribution is 0.386. The van der Waals surface area contributed by atoms with Crippen LogP contribution in [-0.4, -0.2) is 12.1 Å². The molecule has 0 atom stereocenters. The molecule has 84 valence electrons. The van der Waals surface area contributed by atoms with E-state index in [1.807, 2.05) is 5.38 Å². The van der Waals surface area contributed by atoms with Crippen LogP contribution in [0, 0.1) is 5.82 Å². The molecule has 0 aliphatic heterocycles. The summed E-state index contributed by atoms with van der Waals surface area (Å²) in [5, 5.41) is 2.63. The Labute approximate surface area is 102 Å². The molecular formula is C11H9ClFNOS. The minimum Gasteiger partial charge on any atom is -0.494 e. The lowest BCUT2D eigenvalue weighted by Gasteiger charge is -2.02. The second-order valence-corrected chi connectivity index (χ2v) is 4.25. The smallest absolute Gasteiger partial charge is 0.165 e. The van der Waals surface area contributed by atoms with Crippen molar-refractivity contribution in [2.45, 2.75) is 5.88 Å². The molecule has 0 spiro atoms. The van der Waals surface area contributed by atoms with Gasteiger partial charge in [-0.1, -0.05) is 0 Å². The Bertz CT molecular complexity index is 500. The topological polar surface area (TPSA) is 22.1 Å². The number of thiazole rings is 1. The summed E-state index contributed by atoms with van der Waals surface area (Å²) >= 11 is 7.10. The van der Waals surface area contributed by atoms with Crippen molar-refractivity contribution in [3.8, 4) is 16.3 Å². The number of rotatable bonds is 3. The highest BCUT2D eigenvalue weighted by molar-refractivity contribution is 7.13. The number of halogens is 2. The molecule has 2 rings (SSSR count). The van der Waals surface area contributed by atoms with Gasteiger partial charge in [0.2, 0.25) is 0 Å². The molecule has 0 saturated heterocycles. The summed E-state index contributed by atoms with van der Waals surface area (Å²) in [4.78, 5) is 4.27. The van der Waals surface area contributed by atoms with Gasteiger partial charge >= 0.3 is 0 Å². The van der Waals surface area contributed by atoms with E-state index in [1.165, 1.54) is 24.5 Å². The number of hydrogen-bond acceptors (Lipinski definition) is 3. The van der Waals surface area contributed by atoms with Crippen molar-refractivity contribution in [1.29, 1.82) is 0 Å². The quantitative estimate of drug-likeness (QED) is 0.783. The number of ether oxygens (including phenoxy) is 1. The normalized spacial score (nSPS) is 10.4. The second-order valence-electron chi connectivity index (χ2n) is 3.13. The van der Waals surface area contributed by atoms with Crippen LogP contribution in [0.15, 0.2) is 23.6 Å². The third-order valence-electron chi connectivity index (χ3n) is 2.09. The monoisotopic (exact) mass is 257 g/mol. The first-order valence-electron chi connectivity index (χ1n) is 4.59. The van der Waals surface area contributed by atoms with Gasteiger partial charge < -0.3 is 4.74 Å². The van der Waals surface area contributed by atoms with Gasteiger partial charge in [-0.3, -0.25) is 0 Å². The first kappa shape index (κ1) is 11.4. The van der Waals surface area contributed by atoms with E-state index < -0.39 is 0 Å². The minimum absolute atomic E-state index is 0.234. The molecule has 0 saturated carbocycles. The van der Waals surface area contributed by atoms with E-state index in [0.717, 1.165) is 16.3 Å². The van der Waals surface area contributed by atoms with Crippen LogP contribution in [0.25, 0.3) is 10.6 Å². The lowest BCUT2D eigenvalue weighted by Crippen LogP contribution is -1.88. The molecule has 0 radical (unpaired) electrons. The summed E-state index contributed by atoms with van der Waals surface area (Å²) in [7, 11) is 1.44. The van der Waals surface area contributed by atoms with E-state index in [1.54, 1.807) is 12.1 Å². The number of benzene rings is 1. The Morgan fingerprint density at radius 1 is 1.50 bits per heavy atom. The van der Waals surface area contributed by atoms with Gasteiger partial charge in [-0.05, 0) is 18.2 Å². The van der Waals surface area contributed by atoms with Gasteiger partial charge in [0.05, 0.1) is 18.7 Å².